The number of carbonyl (C=O) groups excluding carboxylic acids is 1. The summed E-state index contributed by atoms with van der Waals surface area (Å²) in [6, 6.07) is -0.124. The number of carbonyl (C=O) groups is 1. The molecule has 21 heavy (non-hydrogen) atoms. The van der Waals surface area contributed by atoms with Gasteiger partial charge in [0.25, 0.3) is 0 Å². The molecule has 2 N–H and O–H groups in total. The Morgan fingerprint density at radius 3 is 2.71 bits per heavy atom. The van der Waals surface area contributed by atoms with E-state index in [0.717, 1.165) is 49.1 Å². The SMILES string of the molecule is Cc1nn(C)c(C)c1/C=C/C(=O)NC1CCCCCC1O. The van der Waals surface area contributed by atoms with Gasteiger partial charge in [-0.1, -0.05) is 19.3 Å². The van der Waals surface area contributed by atoms with Crippen LogP contribution in [0.15, 0.2) is 6.08 Å². The van der Waals surface area contributed by atoms with Gasteiger partial charge in [0.05, 0.1) is 17.8 Å². The number of hydrogen-bond acceptors (Lipinski definition) is 3. The summed E-state index contributed by atoms with van der Waals surface area (Å²) in [6.07, 6.45) is 7.77. The number of nitrogens with zero attached hydrogens (tertiary/aromatic N) is 2. The third-order valence-electron chi connectivity index (χ3n) is 4.27. The van der Waals surface area contributed by atoms with Crippen LogP contribution in [-0.2, 0) is 11.8 Å². The summed E-state index contributed by atoms with van der Waals surface area (Å²) in [5.41, 5.74) is 2.92. The van der Waals surface area contributed by atoms with E-state index in [0.29, 0.717) is 0 Å². The summed E-state index contributed by atoms with van der Waals surface area (Å²) in [4.78, 5) is 12.0. The predicted octanol–water partition coefficient (Wildman–Crippen LogP) is 1.86. The lowest BCUT2D eigenvalue weighted by Gasteiger charge is -2.20. The van der Waals surface area contributed by atoms with Crippen molar-refractivity contribution >= 4 is 12.0 Å². The van der Waals surface area contributed by atoms with Crippen LogP contribution < -0.4 is 5.32 Å². The summed E-state index contributed by atoms with van der Waals surface area (Å²) >= 11 is 0. The maximum Gasteiger partial charge on any atom is 0.244 e. The minimum Gasteiger partial charge on any atom is -0.391 e. The third kappa shape index (κ3) is 3.94. The zero-order valence-corrected chi connectivity index (χ0v) is 13.1. The van der Waals surface area contributed by atoms with Crippen molar-refractivity contribution < 1.29 is 9.90 Å². The fourth-order valence-corrected chi connectivity index (χ4v) is 2.88. The van der Waals surface area contributed by atoms with E-state index in [4.69, 9.17) is 0 Å². The monoisotopic (exact) mass is 291 g/mol. The highest BCUT2D eigenvalue weighted by molar-refractivity contribution is 5.92. The van der Waals surface area contributed by atoms with Crippen LogP contribution in [0, 0.1) is 13.8 Å². The Morgan fingerprint density at radius 2 is 2.05 bits per heavy atom. The topological polar surface area (TPSA) is 67.2 Å². The largest absolute Gasteiger partial charge is 0.391 e. The van der Waals surface area contributed by atoms with E-state index in [-0.39, 0.29) is 11.9 Å². The Labute approximate surface area is 126 Å². The molecule has 1 amide bonds. The zero-order valence-electron chi connectivity index (χ0n) is 13.1. The molecule has 1 aliphatic rings. The Balaban J connectivity index is 1.99. The predicted molar refractivity (Wildman–Crippen MR) is 82.7 cm³/mol. The van der Waals surface area contributed by atoms with Crippen molar-refractivity contribution in [1.82, 2.24) is 15.1 Å². The first kappa shape index (κ1) is 15.8. The number of aliphatic hydroxyl groups excluding tert-OH is 1. The van der Waals surface area contributed by atoms with Gasteiger partial charge < -0.3 is 10.4 Å². The molecule has 0 aliphatic heterocycles. The second kappa shape index (κ2) is 6.89. The van der Waals surface area contributed by atoms with Gasteiger partial charge in [-0.25, -0.2) is 0 Å². The Bertz CT molecular complexity index is 534. The fourth-order valence-electron chi connectivity index (χ4n) is 2.88. The molecule has 0 aromatic carbocycles. The smallest absolute Gasteiger partial charge is 0.244 e. The van der Waals surface area contributed by atoms with E-state index >= 15 is 0 Å². The third-order valence-corrected chi connectivity index (χ3v) is 4.27. The quantitative estimate of drug-likeness (QED) is 0.660. The fraction of sp³-hybridized carbons (Fsp3) is 0.625. The molecule has 5 nitrogen and oxygen atoms in total. The normalized spacial score (nSPS) is 23.2. The van der Waals surface area contributed by atoms with E-state index < -0.39 is 6.10 Å². The Hall–Kier alpha value is -1.62. The van der Waals surface area contributed by atoms with Crippen LogP contribution >= 0.6 is 0 Å². The molecule has 1 heterocycles. The molecule has 2 unspecified atom stereocenters. The van der Waals surface area contributed by atoms with Gasteiger partial charge in [0.1, 0.15) is 0 Å². The Morgan fingerprint density at radius 1 is 1.33 bits per heavy atom. The van der Waals surface area contributed by atoms with Gasteiger partial charge in [-0.15, -0.1) is 0 Å². The molecule has 0 radical (unpaired) electrons. The van der Waals surface area contributed by atoms with Gasteiger partial charge in [0.2, 0.25) is 5.91 Å². The summed E-state index contributed by atoms with van der Waals surface area (Å²) in [5.74, 6) is -0.149. The van der Waals surface area contributed by atoms with Gasteiger partial charge in [0.15, 0.2) is 0 Å². The number of rotatable bonds is 3. The van der Waals surface area contributed by atoms with E-state index in [1.165, 1.54) is 6.08 Å². The number of nitrogens with one attached hydrogen (secondary N) is 1. The highest BCUT2D eigenvalue weighted by atomic mass is 16.3. The highest BCUT2D eigenvalue weighted by Gasteiger charge is 2.22. The van der Waals surface area contributed by atoms with Gasteiger partial charge in [-0.3, -0.25) is 9.48 Å². The van der Waals surface area contributed by atoms with Crippen molar-refractivity contribution in [3.8, 4) is 0 Å². The summed E-state index contributed by atoms with van der Waals surface area (Å²) in [5, 5.41) is 17.3. The van der Waals surface area contributed by atoms with Crippen molar-refractivity contribution in [2.75, 3.05) is 0 Å². The van der Waals surface area contributed by atoms with Crippen LogP contribution in [0.3, 0.4) is 0 Å². The molecule has 2 rings (SSSR count). The van der Waals surface area contributed by atoms with Crippen LogP contribution in [0.5, 0.6) is 0 Å². The lowest BCUT2D eigenvalue weighted by Crippen LogP contribution is -2.41. The van der Waals surface area contributed by atoms with Crippen LogP contribution in [0.4, 0.5) is 0 Å². The second-order valence-electron chi connectivity index (χ2n) is 5.86. The molecule has 0 spiro atoms. The molecule has 1 saturated carbocycles. The number of hydrogen-bond donors (Lipinski definition) is 2. The van der Waals surface area contributed by atoms with Crippen LogP contribution in [0.1, 0.15) is 49.1 Å². The van der Waals surface area contributed by atoms with Gasteiger partial charge in [-0.2, -0.15) is 5.10 Å². The lowest BCUT2D eigenvalue weighted by molar-refractivity contribution is -0.118. The average Bonchev–Trinajstić information content (AvgIpc) is 2.58. The van der Waals surface area contributed by atoms with Crippen molar-refractivity contribution in [2.24, 2.45) is 7.05 Å². The van der Waals surface area contributed by atoms with Crippen molar-refractivity contribution in [3.05, 3.63) is 23.0 Å². The Kier molecular flexibility index (Phi) is 5.17. The molecule has 1 fully saturated rings. The summed E-state index contributed by atoms with van der Waals surface area (Å²) < 4.78 is 1.81. The first-order valence-corrected chi connectivity index (χ1v) is 7.66. The molecule has 0 saturated heterocycles. The standard InChI is InChI=1S/C16H25N3O2/c1-11-13(12(2)19(3)18-11)9-10-16(21)17-14-7-5-4-6-8-15(14)20/h9-10,14-15,20H,4-8H2,1-3H3,(H,17,21)/b10-9+. The van der Waals surface area contributed by atoms with Crippen LogP contribution in [-0.4, -0.2) is 32.9 Å². The molecule has 1 aliphatic carbocycles. The zero-order chi connectivity index (χ0) is 15.4. The molecule has 1 aromatic heterocycles. The second-order valence-corrected chi connectivity index (χ2v) is 5.86. The van der Waals surface area contributed by atoms with E-state index in [1.54, 1.807) is 6.08 Å². The van der Waals surface area contributed by atoms with Crippen molar-refractivity contribution in [2.45, 2.75) is 58.1 Å². The number of aryl methyl sites for hydroxylation is 2. The molecular weight excluding hydrogens is 266 g/mol. The molecule has 116 valence electrons. The molecular formula is C16H25N3O2. The van der Waals surface area contributed by atoms with Crippen LogP contribution in [0.2, 0.25) is 0 Å². The lowest BCUT2D eigenvalue weighted by atomic mass is 10.1. The highest BCUT2D eigenvalue weighted by Crippen LogP contribution is 2.18. The summed E-state index contributed by atoms with van der Waals surface area (Å²) in [7, 11) is 1.89. The molecule has 2 atom stereocenters. The van der Waals surface area contributed by atoms with E-state index in [9.17, 15) is 9.90 Å². The first-order chi connectivity index (χ1) is 9.99. The number of aliphatic hydroxyl groups is 1. The minimum atomic E-state index is -0.424. The van der Waals surface area contributed by atoms with Gasteiger partial charge >= 0.3 is 0 Å². The molecule has 5 heteroatoms. The average molecular weight is 291 g/mol. The first-order valence-electron chi connectivity index (χ1n) is 7.66. The number of aromatic nitrogens is 2. The van der Waals surface area contributed by atoms with Crippen LogP contribution in [0.25, 0.3) is 6.08 Å². The molecule has 1 aromatic rings. The minimum absolute atomic E-state index is 0.124. The molecule has 0 bridgehead atoms. The number of amides is 1. The summed E-state index contributed by atoms with van der Waals surface area (Å²) in [6.45, 7) is 3.91. The van der Waals surface area contributed by atoms with Crippen molar-refractivity contribution in [1.29, 1.82) is 0 Å². The maximum absolute atomic E-state index is 12.0. The maximum atomic E-state index is 12.0. The van der Waals surface area contributed by atoms with Gasteiger partial charge in [0, 0.05) is 24.4 Å². The van der Waals surface area contributed by atoms with Crippen molar-refractivity contribution in [3.63, 3.8) is 0 Å². The van der Waals surface area contributed by atoms with E-state index in [1.807, 2.05) is 25.6 Å². The van der Waals surface area contributed by atoms with Gasteiger partial charge in [-0.05, 0) is 32.8 Å². The van der Waals surface area contributed by atoms with E-state index in [2.05, 4.69) is 10.4 Å².